The second-order valence-electron chi connectivity index (χ2n) is 25.3. The minimum absolute atomic E-state index is 0.0185. The van der Waals surface area contributed by atoms with E-state index in [0.717, 1.165) is 38.5 Å². The number of hydrogen-bond donors (Lipinski definition) is 3. The van der Waals surface area contributed by atoms with Gasteiger partial charge >= 0.3 is 5.97 Å². The van der Waals surface area contributed by atoms with E-state index in [-0.39, 0.29) is 18.5 Å². The number of nitrogens with one attached hydrogen (secondary N) is 1. The maximum atomic E-state index is 12.5. The zero-order chi connectivity index (χ0) is 57.1. The number of carbonyl (C=O) groups is 2. The molecule has 0 aliphatic heterocycles. The Kier molecular flexibility index (Phi) is 67.9. The van der Waals surface area contributed by atoms with Gasteiger partial charge in [-0.05, 0) is 32.1 Å². The number of rotatable bonds is 69. The molecule has 0 bridgehead atoms. The first kappa shape index (κ1) is 77.6. The van der Waals surface area contributed by atoms with Gasteiger partial charge in [0.15, 0.2) is 0 Å². The lowest BCUT2D eigenvalue weighted by atomic mass is 10.0. The van der Waals surface area contributed by atoms with Crippen LogP contribution in [0.3, 0.4) is 0 Å². The normalized spacial score (nSPS) is 12.5. The van der Waals surface area contributed by atoms with E-state index in [2.05, 4.69) is 19.2 Å². The van der Waals surface area contributed by atoms with Crippen molar-refractivity contribution in [2.45, 2.75) is 431 Å². The highest BCUT2D eigenvalue weighted by Gasteiger charge is 2.18. The highest BCUT2D eigenvalue weighted by Crippen LogP contribution is 2.19. The first-order valence-corrected chi connectivity index (χ1v) is 36.5. The summed E-state index contributed by atoms with van der Waals surface area (Å²) in [5.41, 5.74) is 0. The fraction of sp³-hybridized carbons (Fsp3) is 0.945. The Hall–Kier alpha value is -1.40. The summed E-state index contributed by atoms with van der Waals surface area (Å²) in [4.78, 5) is 24.6. The molecular weight excluding hydrogens is 971 g/mol. The smallest absolute Gasteiger partial charge is 0.305 e. The number of aliphatic hydroxyl groups excluding tert-OH is 2. The number of esters is 1. The molecule has 0 heterocycles. The van der Waals surface area contributed by atoms with Crippen LogP contribution in [0.15, 0.2) is 12.2 Å². The molecule has 0 aromatic rings. The lowest BCUT2D eigenvalue weighted by Crippen LogP contribution is -2.45. The number of hydrogen-bond acceptors (Lipinski definition) is 5. The van der Waals surface area contributed by atoms with Crippen LogP contribution in [0.5, 0.6) is 0 Å². The number of amides is 1. The van der Waals surface area contributed by atoms with Crippen LogP contribution in [0.2, 0.25) is 0 Å². The predicted molar refractivity (Wildman–Crippen MR) is 347 cm³/mol. The summed E-state index contributed by atoms with van der Waals surface area (Å²) in [6, 6.07) is -0.628. The van der Waals surface area contributed by atoms with Gasteiger partial charge in [0.25, 0.3) is 0 Å². The average molecular weight is 1110 g/mol. The van der Waals surface area contributed by atoms with Gasteiger partial charge in [-0.2, -0.15) is 0 Å². The maximum absolute atomic E-state index is 12.5. The molecule has 0 aliphatic rings. The van der Waals surface area contributed by atoms with Crippen LogP contribution in [-0.2, 0) is 14.3 Å². The van der Waals surface area contributed by atoms with Crippen molar-refractivity contribution in [3.8, 4) is 0 Å². The quantitative estimate of drug-likeness (QED) is 0.0320. The third-order valence-electron chi connectivity index (χ3n) is 17.3. The molecule has 6 heteroatoms. The fourth-order valence-electron chi connectivity index (χ4n) is 11.8. The fourth-order valence-corrected chi connectivity index (χ4v) is 11.8. The summed E-state index contributed by atoms with van der Waals surface area (Å²) >= 11 is 0. The molecule has 2 unspecified atom stereocenters. The topological polar surface area (TPSA) is 95.9 Å². The summed E-state index contributed by atoms with van der Waals surface area (Å²) in [5.74, 6) is -0.0430. The lowest BCUT2D eigenvalue weighted by Gasteiger charge is -2.20. The van der Waals surface area contributed by atoms with E-state index in [4.69, 9.17) is 4.74 Å². The van der Waals surface area contributed by atoms with E-state index in [1.807, 2.05) is 6.08 Å². The molecule has 470 valence electrons. The van der Waals surface area contributed by atoms with Crippen molar-refractivity contribution in [1.82, 2.24) is 5.32 Å². The summed E-state index contributed by atoms with van der Waals surface area (Å²) in [5, 5.41) is 23.3. The molecule has 0 aromatic heterocycles. The minimum Gasteiger partial charge on any atom is -0.466 e. The van der Waals surface area contributed by atoms with Gasteiger partial charge in [0.05, 0.1) is 25.4 Å². The Labute approximate surface area is 495 Å². The van der Waals surface area contributed by atoms with Crippen LogP contribution >= 0.6 is 0 Å². The molecular formula is C73H143NO5. The van der Waals surface area contributed by atoms with Crippen molar-refractivity contribution < 1.29 is 24.5 Å². The van der Waals surface area contributed by atoms with Crippen molar-refractivity contribution in [3.05, 3.63) is 12.2 Å². The minimum atomic E-state index is -0.844. The van der Waals surface area contributed by atoms with Gasteiger partial charge in [-0.15, -0.1) is 0 Å². The molecule has 6 nitrogen and oxygen atoms in total. The molecule has 2 atom stereocenters. The van der Waals surface area contributed by atoms with E-state index in [1.165, 1.54) is 353 Å². The molecule has 0 aliphatic carbocycles. The first-order chi connectivity index (χ1) is 39.0. The zero-order valence-corrected chi connectivity index (χ0v) is 53.9. The molecule has 3 N–H and O–H groups in total. The van der Waals surface area contributed by atoms with Crippen molar-refractivity contribution in [2.75, 3.05) is 13.2 Å². The molecule has 79 heavy (non-hydrogen) atoms. The summed E-state index contributed by atoms with van der Waals surface area (Å²) in [6.07, 6.45) is 85.8. The Balaban J connectivity index is 3.39. The number of ether oxygens (including phenoxy) is 1. The second-order valence-corrected chi connectivity index (χ2v) is 25.3. The van der Waals surface area contributed by atoms with Crippen LogP contribution in [0.4, 0.5) is 0 Å². The van der Waals surface area contributed by atoms with E-state index in [9.17, 15) is 19.8 Å². The van der Waals surface area contributed by atoms with Gasteiger partial charge in [-0.1, -0.05) is 386 Å². The van der Waals surface area contributed by atoms with E-state index in [1.54, 1.807) is 6.08 Å². The lowest BCUT2D eigenvalue weighted by molar-refractivity contribution is -0.143. The second kappa shape index (κ2) is 69.1. The van der Waals surface area contributed by atoms with Crippen molar-refractivity contribution in [2.24, 2.45) is 0 Å². The van der Waals surface area contributed by atoms with Crippen LogP contribution in [-0.4, -0.2) is 47.4 Å². The number of aliphatic hydroxyl groups is 2. The molecule has 0 radical (unpaired) electrons. The van der Waals surface area contributed by atoms with Crippen molar-refractivity contribution in [1.29, 1.82) is 0 Å². The Morgan fingerprint density at radius 1 is 0.342 bits per heavy atom. The molecule has 1 amide bonds. The summed E-state index contributed by atoms with van der Waals surface area (Å²) < 4.78 is 5.50. The Bertz CT molecular complexity index is 1190. The van der Waals surface area contributed by atoms with E-state index < -0.39 is 12.1 Å². The van der Waals surface area contributed by atoms with Gasteiger partial charge in [-0.3, -0.25) is 9.59 Å². The van der Waals surface area contributed by atoms with Crippen LogP contribution < -0.4 is 5.32 Å². The van der Waals surface area contributed by atoms with Crippen LogP contribution in [0.25, 0.3) is 0 Å². The Morgan fingerprint density at radius 3 is 0.861 bits per heavy atom. The highest BCUT2D eigenvalue weighted by atomic mass is 16.5. The molecule has 0 spiro atoms. The monoisotopic (exact) mass is 1110 g/mol. The van der Waals surface area contributed by atoms with Gasteiger partial charge in [-0.25, -0.2) is 0 Å². The van der Waals surface area contributed by atoms with Gasteiger partial charge < -0.3 is 20.3 Å². The van der Waals surface area contributed by atoms with Gasteiger partial charge in [0, 0.05) is 12.8 Å². The van der Waals surface area contributed by atoms with Gasteiger partial charge in [0.2, 0.25) is 5.91 Å². The van der Waals surface area contributed by atoms with Crippen LogP contribution in [0.1, 0.15) is 418 Å². The molecule has 0 saturated heterocycles. The molecule has 0 saturated carbocycles. The van der Waals surface area contributed by atoms with E-state index in [0.29, 0.717) is 19.4 Å². The van der Waals surface area contributed by atoms with E-state index >= 15 is 0 Å². The standard InChI is InChI=1S/C73H143NO5/c1-3-5-7-9-11-13-15-17-19-20-21-22-23-26-29-32-35-38-41-45-49-53-57-61-65-71(76)70(69-75)74-72(77)66-62-58-54-50-46-42-39-36-33-30-27-24-25-28-31-34-37-40-44-48-52-56-60-64-68-79-73(78)67-63-59-55-51-47-43-18-16-14-12-10-8-6-4-2/h61,65,70-71,75-76H,3-60,62-64,66-69H2,1-2H3,(H,74,77)/b65-61+. The average Bonchev–Trinajstić information content (AvgIpc) is 3.45. The summed E-state index contributed by atoms with van der Waals surface area (Å²) in [6.45, 7) is 4.95. The van der Waals surface area contributed by atoms with Crippen LogP contribution in [0, 0.1) is 0 Å². The molecule has 0 aromatic carbocycles. The third-order valence-corrected chi connectivity index (χ3v) is 17.3. The maximum Gasteiger partial charge on any atom is 0.305 e. The predicted octanol–water partition coefficient (Wildman–Crippen LogP) is 23.5. The Morgan fingerprint density at radius 2 is 0.582 bits per heavy atom. The van der Waals surface area contributed by atoms with Crippen molar-refractivity contribution in [3.63, 3.8) is 0 Å². The van der Waals surface area contributed by atoms with Crippen molar-refractivity contribution >= 4 is 11.9 Å². The SMILES string of the molecule is CCCCCCCCCCCCCCCCCCCCCCCC/C=C/C(O)C(CO)NC(=O)CCCCCCCCCCCCCCCCCCCCCCCCCCOC(=O)CCCCCCCCCCCCCCCC. The molecule has 0 rings (SSSR count). The number of carbonyl (C=O) groups excluding carboxylic acids is 2. The first-order valence-electron chi connectivity index (χ1n) is 36.5. The third kappa shape index (κ3) is 65.6. The van der Waals surface area contributed by atoms with Gasteiger partial charge in [0.1, 0.15) is 0 Å². The molecule has 0 fully saturated rings. The number of unbranched alkanes of at least 4 members (excludes halogenated alkanes) is 58. The zero-order valence-electron chi connectivity index (χ0n) is 53.9. The number of allylic oxidation sites excluding steroid dienone is 1. The largest absolute Gasteiger partial charge is 0.466 e. The highest BCUT2D eigenvalue weighted by molar-refractivity contribution is 5.76. The summed E-state index contributed by atoms with van der Waals surface area (Å²) in [7, 11) is 0.